The van der Waals surface area contributed by atoms with Gasteiger partial charge in [-0.2, -0.15) is 0 Å². The summed E-state index contributed by atoms with van der Waals surface area (Å²) in [5, 5.41) is 0. The molecule has 5 nitrogen and oxygen atoms in total. The molecule has 5 heteroatoms. The molecular weight excluding hydrogens is 376 g/mol. The molecular formula is C25H30N2O3. The number of carbonyl (C=O) groups excluding carboxylic acids is 2. The lowest BCUT2D eigenvalue weighted by atomic mass is 9.84. The zero-order valence-electron chi connectivity index (χ0n) is 17.8. The maximum absolute atomic E-state index is 13.1. The van der Waals surface area contributed by atoms with Gasteiger partial charge in [-0.25, -0.2) is 0 Å². The molecule has 158 valence electrons. The van der Waals surface area contributed by atoms with E-state index in [0.29, 0.717) is 26.1 Å². The number of likely N-dealkylation sites (N-methyl/N-ethyl adjacent to an activating group) is 1. The Balaban J connectivity index is 1.62. The highest BCUT2D eigenvalue weighted by Crippen LogP contribution is 2.34. The summed E-state index contributed by atoms with van der Waals surface area (Å²) in [6.45, 7) is 1.73. The van der Waals surface area contributed by atoms with Gasteiger partial charge in [-0.3, -0.25) is 9.59 Å². The Hall–Kier alpha value is -2.82. The molecule has 0 spiro atoms. The number of benzene rings is 2. The molecule has 1 aliphatic heterocycles. The first-order valence-electron chi connectivity index (χ1n) is 10.8. The maximum Gasteiger partial charge on any atom is 0.227 e. The van der Waals surface area contributed by atoms with Gasteiger partial charge < -0.3 is 14.5 Å². The van der Waals surface area contributed by atoms with E-state index in [4.69, 9.17) is 4.74 Å². The van der Waals surface area contributed by atoms with Gasteiger partial charge in [-0.1, -0.05) is 48.9 Å². The molecule has 1 heterocycles. The summed E-state index contributed by atoms with van der Waals surface area (Å²) in [7, 11) is 3.52. The number of amides is 2. The van der Waals surface area contributed by atoms with Crippen molar-refractivity contribution in [3.8, 4) is 16.9 Å². The molecule has 1 saturated heterocycles. The zero-order valence-corrected chi connectivity index (χ0v) is 17.8. The van der Waals surface area contributed by atoms with Crippen molar-refractivity contribution in [1.82, 2.24) is 9.80 Å². The molecule has 2 fully saturated rings. The number of hydrogen-bond acceptors (Lipinski definition) is 3. The van der Waals surface area contributed by atoms with Crippen LogP contribution in [-0.2, 0) is 16.0 Å². The van der Waals surface area contributed by atoms with Crippen LogP contribution in [0.25, 0.3) is 11.1 Å². The van der Waals surface area contributed by atoms with Crippen molar-refractivity contribution in [2.75, 3.05) is 33.8 Å². The van der Waals surface area contributed by atoms with Crippen LogP contribution < -0.4 is 4.74 Å². The molecule has 2 aromatic rings. The van der Waals surface area contributed by atoms with Crippen LogP contribution in [0.4, 0.5) is 0 Å². The fraction of sp³-hybridized carbons (Fsp3) is 0.440. The summed E-state index contributed by atoms with van der Waals surface area (Å²) in [4.78, 5) is 29.7. The second kappa shape index (κ2) is 8.90. The molecule has 0 N–H and O–H groups in total. The van der Waals surface area contributed by atoms with Crippen LogP contribution in [0.2, 0.25) is 0 Å². The molecule has 2 aromatic carbocycles. The highest BCUT2D eigenvalue weighted by molar-refractivity contribution is 5.84. The minimum absolute atomic E-state index is 0.119. The number of carbonyl (C=O) groups is 2. The Morgan fingerprint density at radius 3 is 2.43 bits per heavy atom. The predicted molar refractivity (Wildman–Crippen MR) is 117 cm³/mol. The van der Waals surface area contributed by atoms with Crippen molar-refractivity contribution >= 4 is 11.8 Å². The molecule has 1 aliphatic carbocycles. The van der Waals surface area contributed by atoms with Crippen molar-refractivity contribution in [3.05, 3.63) is 54.1 Å². The van der Waals surface area contributed by atoms with Crippen molar-refractivity contribution < 1.29 is 14.3 Å². The van der Waals surface area contributed by atoms with Gasteiger partial charge in [0.05, 0.1) is 13.0 Å². The van der Waals surface area contributed by atoms with E-state index in [9.17, 15) is 9.59 Å². The van der Waals surface area contributed by atoms with Gasteiger partial charge in [-0.05, 0) is 36.5 Å². The van der Waals surface area contributed by atoms with E-state index in [1.165, 1.54) is 0 Å². The van der Waals surface area contributed by atoms with E-state index in [1.54, 1.807) is 12.0 Å². The fourth-order valence-corrected chi connectivity index (χ4v) is 4.49. The number of rotatable bonds is 5. The molecule has 1 unspecified atom stereocenters. The molecule has 0 radical (unpaired) electrons. The molecule has 0 bridgehead atoms. The normalized spacial score (nSPS) is 19.9. The lowest BCUT2D eigenvalue weighted by Crippen LogP contribution is -2.42. The quantitative estimate of drug-likeness (QED) is 0.762. The zero-order chi connectivity index (χ0) is 21.1. The minimum atomic E-state index is -0.239. The van der Waals surface area contributed by atoms with Crippen LogP contribution in [-0.4, -0.2) is 55.4 Å². The van der Waals surface area contributed by atoms with E-state index in [-0.39, 0.29) is 23.7 Å². The Kier molecular flexibility index (Phi) is 6.07. The average Bonchev–Trinajstić information content (AvgIpc) is 2.87. The van der Waals surface area contributed by atoms with Crippen molar-refractivity contribution in [1.29, 1.82) is 0 Å². The lowest BCUT2D eigenvalue weighted by molar-refractivity contribution is -0.138. The third kappa shape index (κ3) is 4.07. The van der Waals surface area contributed by atoms with Gasteiger partial charge in [0.15, 0.2) is 0 Å². The van der Waals surface area contributed by atoms with Crippen molar-refractivity contribution in [2.24, 2.45) is 11.8 Å². The van der Waals surface area contributed by atoms with Gasteiger partial charge in [0.2, 0.25) is 11.8 Å². The Morgan fingerprint density at radius 2 is 1.73 bits per heavy atom. The van der Waals surface area contributed by atoms with Crippen molar-refractivity contribution in [3.63, 3.8) is 0 Å². The third-order valence-electron chi connectivity index (χ3n) is 6.52. The van der Waals surface area contributed by atoms with Gasteiger partial charge in [0, 0.05) is 38.2 Å². The van der Waals surface area contributed by atoms with E-state index >= 15 is 0 Å². The van der Waals surface area contributed by atoms with E-state index in [0.717, 1.165) is 41.7 Å². The summed E-state index contributed by atoms with van der Waals surface area (Å²) in [6.07, 6.45) is 3.71. The van der Waals surface area contributed by atoms with Crippen LogP contribution in [0.3, 0.4) is 0 Å². The third-order valence-corrected chi connectivity index (χ3v) is 6.52. The molecule has 4 rings (SSSR count). The highest BCUT2D eigenvalue weighted by Gasteiger charge is 2.35. The second-order valence-corrected chi connectivity index (χ2v) is 8.43. The van der Waals surface area contributed by atoms with Crippen LogP contribution in [0.5, 0.6) is 5.75 Å². The van der Waals surface area contributed by atoms with E-state index in [2.05, 4.69) is 12.1 Å². The highest BCUT2D eigenvalue weighted by atomic mass is 16.5. The number of ether oxygens (including phenoxy) is 1. The van der Waals surface area contributed by atoms with Crippen LogP contribution >= 0.6 is 0 Å². The molecule has 30 heavy (non-hydrogen) atoms. The fourth-order valence-electron chi connectivity index (χ4n) is 4.49. The minimum Gasteiger partial charge on any atom is -0.496 e. The maximum atomic E-state index is 13.1. The number of hydrogen-bond donors (Lipinski definition) is 0. The van der Waals surface area contributed by atoms with Gasteiger partial charge in [-0.15, -0.1) is 0 Å². The first-order valence-corrected chi connectivity index (χ1v) is 10.8. The molecule has 1 atom stereocenters. The SMILES string of the molecule is COc1ccccc1-c1ccccc1CC1CN(C(=O)C2CCC2)CCN(C)C1=O. The lowest BCUT2D eigenvalue weighted by Gasteiger charge is -2.32. The van der Waals surface area contributed by atoms with Crippen LogP contribution in [0.1, 0.15) is 24.8 Å². The standard InChI is InChI=1S/C25H30N2O3/c1-26-14-15-27(25(29)18-9-7-10-18)17-20(24(26)28)16-19-8-3-4-11-21(19)22-12-5-6-13-23(22)30-2/h3-6,8,11-13,18,20H,7,9-10,14-17H2,1-2H3. The molecule has 2 aliphatic rings. The van der Waals surface area contributed by atoms with Gasteiger partial charge in [0.1, 0.15) is 5.75 Å². The molecule has 1 saturated carbocycles. The van der Waals surface area contributed by atoms with Crippen molar-refractivity contribution in [2.45, 2.75) is 25.7 Å². The average molecular weight is 407 g/mol. The summed E-state index contributed by atoms with van der Waals surface area (Å²) in [5.74, 6) is 1.08. The summed E-state index contributed by atoms with van der Waals surface area (Å²) < 4.78 is 5.57. The first kappa shape index (κ1) is 20.5. The number of nitrogens with zero attached hydrogens (tertiary/aromatic N) is 2. The monoisotopic (exact) mass is 406 g/mol. The van der Waals surface area contributed by atoms with E-state index < -0.39 is 0 Å². The largest absolute Gasteiger partial charge is 0.496 e. The van der Waals surface area contributed by atoms with Gasteiger partial charge in [0.25, 0.3) is 0 Å². The Morgan fingerprint density at radius 1 is 1.03 bits per heavy atom. The van der Waals surface area contributed by atoms with E-state index in [1.807, 2.05) is 48.3 Å². The smallest absolute Gasteiger partial charge is 0.227 e. The molecule has 2 amide bonds. The summed E-state index contributed by atoms with van der Waals surface area (Å²) >= 11 is 0. The second-order valence-electron chi connectivity index (χ2n) is 8.43. The van der Waals surface area contributed by atoms with Gasteiger partial charge >= 0.3 is 0 Å². The first-order chi connectivity index (χ1) is 14.6. The number of para-hydroxylation sites is 1. The van der Waals surface area contributed by atoms with Crippen LogP contribution in [0, 0.1) is 11.8 Å². The topological polar surface area (TPSA) is 49.9 Å². The summed E-state index contributed by atoms with van der Waals surface area (Å²) in [5.41, 5.74) is 3.20. The summed E-state index contributed by atoms with van der Waals surface area (Å²) in [6, 6.07) is 16.1. The van der Waals surface area contributed by atoms with Crippen LogP contribution in [0.15, 0.2) is 48.5 Å². The Bertz CT molecular complexity index is 922. The molecule has 0 aromatic heterocycles. The number of methoxy groups -OCH3 is 1. The Labute approximate surface area is 178 Å². The predicted octanol–water partition coefficient (Wildman–Crippen LogP) is 3.62.